The second-order valence-electron chi connectivity index (χ2n) is 6.53. The molecule has 1 amide bonds. The number of nitrogens with one attached hydrogen (secondary N) is 1. The molecule has 0 saturated carbocycles. The van der Waals surface area contributed by atoms with Crippen LogP contribution in [0.4, 0.5) is 5.69 Å². The zero-order valence-electron chi connectivity index (χ0n) is 15.8. The maximum absolute atomic E-state index is 12.7. The minimum atomic E-state index is -3.53. The Hall–Kier alpha value is -1.65. The summed E-state index contributed by atoms with van der Waals surface area (Å²) >= 11 is 9.38. The Bertz CT molecular complexity index is 977. The number of ether oxygens (including phenoxy) is 1. The molecule has 0 spiro atoms. The lowest BCUT2D eigenvalue weighted by atomic mass is 10.3. The molecule has 156 valence electrons. The maximum atomic E-state index is 12.7. The fraction of sp³-hybridized carbons (Fsp3) is 0.316. The number of piperazine rings is 1. The van der Waals surface area contributed by atoms with Gasteiger partial charge in [0.25, 0.3) is 0 Å². The first-order valence-corrected chi connectivity index (χ1v) is 11.5. The maximum Gasteiger partial charge on any atom is 0.243 e. The Morgan fingerprint density at radius 1 is 1.14 bits per heavy atom. The minimum Gasteiger partial charge on any atom is -0.495 e. The number of sulfonamides is 1. The van der Waals surface area contributed by atoms with E-state index in [0.717, 1.165) is 4.47 Å². The third-order valence-electron chi connectivity index (χ3n) is 4.59. The Labute approximate surface area is 183 Å². The van der Waals surface area contributed by atoms with E-state index in [-0.39, 0.29) is 17.3 Å². The molecule has 1 heterocycles. The van der Waals surface area contributed by atoms with Crippen molar-refractivity contribution >= 4 is 49.1 Å². The van der Waals surface area contributed by atoms with E-state index in [2.05, 4.69) is 21.2 Å². The van der Waals surface area contributed by atoms with Crippen LogP contribution < -0.4 is 10.1 Å². The van der Waals surface area contributed by atoms with Crippen LogP contribution in [0.25, 0.3) is 0 Å². The van der Waals surface area contributed by atoms with Gasteiger partial charge in [0.15, 0.2) is 0 Å². The normalized spacial score (nSPS) is 15.8. The largest absolute Gasteiger partial charge is 0.495 e. The van der Waals surface area contributed by atoms with Crippen molar-refractivity contribution < 1.29 is 17.9 Å². The van der Waals surface area contributed by atoms with Crippen molar-refractivity contribution in [2.24, 2.45) is 0 Å². The molecule has 1 aliphatic heterocycles. The molecule has 1 aliphatic rings. The average Bonchev–Trinajstić information content (AvgIpc) is 2.69. The van der Waals surface area contributed by atoms with E-state index < -0.39 is 10.0 Å². The number of anilines is 1. The molecule has 10 heteroatoms. The fourth-order valence-corrected chi connectivity index (χ4v) is 4.98. The number of hydrogen-bond acceptors (Lipinski definition) is 5. The van der Waals surface area contributed by atoms with Gasteiger partial charge in [-0.25, -0.2) is 8.42 Å². The summed E-state index contributed by atoms with van der Waals surface area (Å²) in [5.74, 6) is 0.350. The highest BCUT2D eigenvalue weighted by molar-refractivity contribution is 9.10. The van der Waals surface area contributed by atoms with Gasteiger partial charge in [-0.3, -0.25) is 9.69 Å². The van der Waals surface area contributed by atoms with E-state index >= 15 is 0 Å². The van der Waals surface area contributed by atoms with Crippen LogP contribution in [0, 0.1) is 0 Å². The van der Waals surface area contributed by atoms with Gasteiger partial charge in [0.05, 0.1) is 23.6 Å². The van der Waals surface area contributed by atoms with Crippen molar-refractivity contribution in [3.05, 3.63) is 52.0 Å². The van der Waals surface area contributed by atoms with Gasteiger partial charge in [-0.05, 0) is 42.5 Å². The zero-order valence-corrected chi connectivity index (χ0v) is 18.9. The van der Waals surface area contributed by atoms with E-state index in [9.17, 15) is 13.2 Å². The number of hydrogen-bond donors (Lipinski definition) is 1. The van der Waals surface area contributed by atoms with Crippen molar-refractivity contribution in [1.82, 2.24) is 9.21 Å². The third-order valence-corrected chi connectivity index (χ3v) is 7.32. The number of benzene rings is 2. The van der Waals surface area contributed by atoms with Gasteiger partial charge in [-0.15, -0.1) is 0 Å². The molecule has 2 aromatic rings. The first-order valence-electron chi connectivity index (χ1n) is 8.91. The molecular weight excluding hydrogens is 482 g/mol. The van der Waals surface area contributed by atoms with Crippen LogP contribution in [0.3, 0.4) is 0 Å². The Morgan fingerprint density at radius 3 is 2.38 bits per heavy atom. The fourth-order valence-electron chi connectivity index (χ4n) is 3.03. The predicted molar refractivity (Wildman–Crippen MR) is 116 cm³/mol. The molecule has 0 aliphatic carbocycles. The van der Waals surface area contributed by atoms with E-state index in [4.69, 9.17) is 16.3 Å². The van der Waals surface area contributed by atoms with Crippen LogP contribution in [-0.4, -0.2) is 63.4 Å². The summed E-state index contributed by atoms with van der Waals surface area (Å²) < 4.78 is 32.9. The summed E-state index contributed by atoms with van der Waals surface area (Å²) in [6, 6.07) is 11.6. The van der Waals surface area contributed by atoms with Gasteiger partial charge in [0.1, 0.15) is 5.75 Å². The smallest absolute Gasteiger partial charge is 0.243 e. The molecule has 7 nitrogen and oxygen atoms in total. The van der Waals surface area contributed by atoms with E-state index in [0.29, 0.717) is 42.6 Å². The van der Waals surface area contributed by atoms with E-state index in [1.54, 1.807) is 42.5 Å². The Balaban J connectivity index is 1.53. The van der Waals surface area contributed by atoms with Gasteiger partial charge < -0.3 is 10.1 Å². The SMILES string of the molecule is COc1ccc(NC(=O)CN2CCN(S(=O)(=O)c3ccc(Br)cc3)CC2)cc1Cl. The first-order chi connectivity index (χ1) is 13.8. The third kappa shape index (κ3) is 5.49. The topological polar surface area (TPSA) is 79.0 Å². The summed E-state index contributed by atoms with van der Waals surface area (Å²) in [6.07, 6.45) is 0. The number of amides is 1. The first kappa shape index (κ1) is 22.0. The molecule has 0 unspecified atom stereocenters. The van der Waals surface area contributed by atoms with Gasteiger partial charge >= 0.3 is 0 Å². The number of nitrogens with zero attached hydrogens (tertiary/aromatic N) is 2. The van der Waals surface area contributed by atoms with Crippen molar-refractivity contribution in [3.8, 4) is 5.75 Å². The van der Waals surface area contributed by atoms with Crippen LogP contribution in [0.5, 0.6) is 5.75 Å². The molecule has 0 radical (unpaired) electrons. The molecule has 0 aromatic heterocycles. The van der Waals surface area contributed by atoms with E-state index in [1.807, 2.05) is 4.90 Å². The molecule has 29 heavy (non-hydrogen) atoms. The Morgan fingerprint density at radius 2 is 1.79 bits per heavy atom. The van der Waals surface area contributed by atoms with Gasteiger partial charge in [-0.2, -0.15) is 4.31 Å². The molecule has 1 saturated heterocycles. The zero-order chi connectivity index (χ0) is 21.0. The van der Waals surface area contributed by atoms with E-state index in [1.165, 1.54) is 11.4 Å². The standard InChI is InChI=1S/C19H21BrClN3O4S/c1-28-18-7-4-15(12-17(18)21)22-19(25)13-23-8-10-24(11-9-23)29(26,27)16-5-2-14(20)3-6-16/h2-7,12H,8-11,13H2,1H3,(H,22,25). The quantitative estimate of drug-likeness (QED) is 0.657. The van der Waals surface area contributed by atoms with Crippen LogP contribution in [0.15, 0.2) is 51.8 Å². The average molecular weight is 503 g/mol. The molecule has 1 fully saturated rings. The van der Waals surface area contributed by atoms with Gasteiger partial charge in [-0.1, -0.05) is 27.5 Å². The van der Waals surface area contributed by atoms with Crippen molar-refractivity contribution in [2.75, 3.05) is 45.2 Å². The van der Waals surface area contributed by atoms with Crippen molar-refractivity contribution in [1.29, 1.82) is 0 Å². The number of carbonyl (C=O) groups excluding carboxylic acids is 1. The number of carbonyl (C=O) groups is 1. The number of rotatable bonds is 6. The highest BCUT2D eigenvalue weighted by Gasteiger charge is 2.29. The summed E-state index contributed by atoms with van der Waals surface area (Å²) in [5, 5.41) is 3.21. The predicted octanol–water partition coefficient (Wildman–Crippen LogP) is 3.06. The van der Waals surface area contributed by atoms with Crippen LogP contribution in [-0.2, 0) is 14.8 Å². The second-order valence-corrected chi connectivity index (χ2v) is 9.79. The molecule has 0 atom stereocenters. The van der Waals surface area contributed by atoms with Crippen molar-refractivity contribution in [3.63, 3.8) is 0 Å². The molecule has 0 bridgehead atoms. The summed E-state index contributed by atoms with van der Waals surface area (Å²) in [6.45, 7) is 1.80. The second kappa shape index (κ2) is 9.44. The number of methoxy groups -OCH3 is 1. The van der Waals surface area contributed by atoms with Crippen LogP contribution in [0.1, 0.15) is 0 Å². The highest BCUT2D eigenvalue weighted by atomic mass is 79.9. The minimum absolute atomic E-state index is 0.176. The lowest BCUT2D eigenvalue weighted by molar-refractivity contribution is -0.117. The lowest BCUT2D eigenvalue weighted by Gasteiger charge is -2.33. The highest BCUT2D eigenvalue weighted by Crippen LogP contribution is 2.27. The number of halogens is 2. The molecule has 3 rings (SSSR count). The summed E-state index contributed by atoms with van der Waals surface area (Å²) in [5.41, 5.74) is 0.581. The van der Waals surface area contributed by atoms with Crippen LogP contribution in [0.2, 0.25) is 5.02 Å². The Kier molecular flexibility index (Phi) is 7.18. The molecular formula is C19H21BrClN3O4S. The van der Waals surface area contributed by atoms with Gasteiger partial charge in [0, 0.05) is 36.3 Å². The van der Waals surface area contributed by atoms with Crippen molar-refractivity contribution in [2.45, 2.75) is 4.90 Å². The summed E-state index contributed by atoms with van der Waals surface area (Å²) in [7, 11) is -2.01. The van der Waals surface area contributed by atoms with Gasteiger partial charge in [0.2, 0.25) is 15.9 Å². The lowest BCUT2D eigenvalue weighted by Crippen LogP contribution is -2.50. The van der Waals surface area contributed by atoms with Crippen LogP contribution >= 0.6 is 27.5 Å². The molecule has 2 aromatic carbocycles. The molecule has 1 N–H and O–H groups in total. The monoisotopic (exact) mass is 501 g/mol. The summed E-state index contributed by atoms with van der Waals surface area (Å²) in [4.78, 5) is 14.5.